The van der Waals surface area contributed by atoms with Crippen molar-refractivity contribution < 1.29 is 80.2 Å². The number of allylic oxidation sites excluding steroid dienone is 24. The quantitative estimate of drug-likeness (QED) is 0.0169. The van der Waals surface area contributed by atoms with Crippen LogP contribution in [-0.2, 0) is 65.4 Å². The van der Waals surface area contributed by atoms with Crippen LogP contribution in [0.4, 0.5) is 0 Å². The highest BCUT2D eigenvalue weighted by Crippen LogP contribution is 2.45. The van der Waals surface area contributed by atoms with Crippen LogP contribution in [0.1, 0.15) is 285 Å². The molecule has 0 bridgehead atoms. The van der Waals surface area contributed by atoms with Gasteiger partial charge in [0.2, 0.25) is 0 Å². The molecule has 570 valence electrons. The molecule has 0 aromatic heterocycles. The lowest BCUT2D eigenvalue weighted by atomic mass is 10.0. The van der Waals surface area contributed by atoms with Crippen molar-refractivity contribution in [3.8, 4) is 0 Å². The summed E-state index contributed by atoms with van der Waals surface area (Å²) >= 11 is 0. The molecule has 0 aliphatic heterocycles. The Morgan fingerprint density at radius 1 is 0.290 bits per heavy atom. The van der Waals surface area contributed by atoms with Crippen LogP contribution < -0.4 is 0 Å². The number of phosphoric acid groups is 2. The van der Waals surface area contributed by atoms with E-state index in [9.17, 15) is 43.2 Å². The lowest BCUT2D eigenvalue weighted by molar-refractivity contribution is -0.161. The molecule has 0 aliphatic carbocycles. The molecule has 0 aromatic rings. The molecule has 0 saturated carbocycles. The number of phosphoric ester groups is 2. The number of aliphatic hydroxyl groups is 1. The third-order valence-corrected chi connectivity index (χ3v) is 17.2. The van der Waals surface area contributed by atoms with Gasteiger partial charge in [0.1, 0.15) is 19.3 Å². The lowest BCUT2D eigenvalue weighted by Crippen LogP contribution is -2.30. The summed E-state index contributed by atoms with van der Waals surface area (Å²) < 4.78 is 68.4. The van der Waals surface area contributed by atoms with Crippen LogP contribution >= 0.6 is 15.6 Å². The smallest absolute Gasteiger partial charge is 0.462 e. The molecule has 3 N–H and O–H groups in total. The number of carbonyl (C=O) groups excluding carboxylic acids is 4. The maximum Gasteiger partial charge on any atom is 0.472 e. The maximum atomic E-state index is 13.1. The average Bonchev–Trinajstić information content (AvgIpc) is 0.965. The second-order valence-electron chi connectivity index (χ2n) is 24.8. The van der Waals surface area contributed by atoms with Crippen LogP contribution in [0.25, 0.3) is 0 Å². The Hall–Kier alpha value is -5.06. The highest BCUT2D eigenvalue weighted by molar-refractivity contribution is 7.47. The monoisotopic (exact) mass is 1440 g/mol. The van der Waals surface area contributed by atoms with Crippen molar-refractivity contribution in [3.05, 3.63) is 146 Å². The molecule has 0 spiro atoms. The Labute approximate surface area is 605 Å². The summed E-state index contributed by atoms with van der Waals surface area (Å²) in [5.74, 6) is -2.30. The standard InChI is InChI=1S/C81H134O17P2/c1-5-9-13-17-21-25-29-33-36-37-40-43-46-50-54-58-62-66-79(84)92-71-76(97-80(85)67-63-59-55-51-47-41-32-28-24-20-16-12-8-4)73-95-99(87,88)93-69-75(82)70-94-100(89,90)96-74-77(98-81(86)68-64-60-56-52-48-44-39-35-31-27-23-19-15-11-7-3)72-91-78(83)65-61-57-53-49-45-42-38-34-30-26-22-18-14-10-6-2/h9-11,13-15,21-23,25-27,33-36,38-40,43,45,48-49,52,75-77,82H,5-8,12,16-20,24,28-32,37,41-42,44,46-47,50-51,53-74H2,1-4H3,(H,87,88)(H,89,90)/b13-9-,14-10-,15-11-,25-21-,26-22-,27-23-,36-33-,38-34-,39-35-,43-40-,49-45-,52-48-. The second-order valence-corrected chi connectivity index (χ2v) is 27.7. The first-order chi connectivity index (χ1) is 48.7. The Balaban J connectivity index is 5.44. The van der Waals surface area contributed by atoms with E-state index in [0.29, 0.717) is 32.1 Å². The van der Waals surface area contributed by atoms with Gasteiger partial charge in [0.05, 0.1) is 26.4 Å². The average molecular weight is 1440 g/mol. The van der Waals surface area contributed by atoms with Gasteiger partial charge in [0.25, 0.3) is 0 Å². The summed E-state index contributed by atoms with van der Waals surface area (Å²) in [5.41, 5.74) is 0. The number of ether oxygens (including phenoxy) is 4. The van der Waals surface area contributed by atoms with Crippen LogP contribution in [0.3, 0.4) is 0 Å². The predicted molar refractivity (Wildman–Crippen MR) is 408 cm³/mol. The number of carbonyl (C=O) groups is 4. The van der Waals surface area contributed by atoms with E-state index >= 15 is 0 Å². The van der Waals surface area contributed by atoms with Gasteiger partial charge in [-0.25, -0.2) is 9.13 Å². The Morgan fingerprint density at radius 2 is 0.520 bits per heavy atom. The van der Waals surface area contributed by atoms with Crippen LogP contribution in [0.15, 0.2) is 146 Å². The molecule has 19 heteroatoms. The van der Waals surface area contributed by atoms with Gasteiger partial charge in [0.15, 0.2) is 12.2 Å². The zero-order valence-corrected chi connectivity index (χ0v) is 63.9. The first kappa shape index (κ1) is 94.9. The fourth-order valence-corrected chi connectivity index (χ4v) is 11.2. The Morgan fingerprint density at radius 3 is 0.820 bits per heavy atom. The number of unbranched alkanes of at least 4 members (excludes halogenated alkanes) is 20. The first-order valence-electron chi connectivity index (χ1n) is 38.1. The number of hydrogen-bond acceptors (Lipinski definition) is 15. The predicted octanol–water partition coefficient (Wildman–Crippen LogP) is 21.9. The molecule has 5 atom stereocenters. The molecule has 0 amide bonds. The van der Waals surface area contributed by atoms with Gasteiger partial charge in [0, 0.05) is 25.7 Å². The van der Waals surface area contributed by atoms with Crippen LogP contribution in [0, 0.1) is 0 Å². The van der Waals surface area contributed by atoms with E-state index < -0.39 is 97.5 Å². The molecule has 0 aliphatic rings. The fraction of sp³-hybridized carbons (Fsp3) is 0.654. The molecule has 0 aromatic carbocycles. The van der Waals surface area contributed by atoms with Gasteiger partial charge < -0.3 is 33.8 Å². The summed E-state index contributed by atoms with van der Waals surface area (Å²) in [7, 11) is -9.99. The van der Waals surface area contributed by atoms with Gasteiger partial charge in [-0.2, -0.15) is 0 Å². The highest BCUT2D eigenvalue weighted by atomic mass is 31.2. The summed E-state index contributed by atoms with van der Waals surface area (Å²) in [5, 5.41) is 10.6. The second kappa shape index (κ2) is 72.3. The van der Waals surface area contributed by atoms with Gasteiger partial charge in [-0.05, 0) is 141 Å². The van der Waals surface area contributed by atoms with Crippen molar-refractivity contribution in [1.29, 1.82) is 0 Å². The molecular formula is C81H134O17P2. The molecule has 5 unspecified atom stereocenters. The van der Waals surface area contributed by atoms with Gasteiger partial charge in [-0.15, -0.1) is 0 Å². The first-order valence-corrected chi connectivity index (χ1v) is 41.1. The van der Waals surface area contributed by atoms with Crippen molar-refractivity contribution in [2.24, 2.45) is 0 Å². The molecule has 0 rings (SSSR count). The van der Waals surface area contributed by atoms with E-state index in [-0.39, 0.29) is 25.7 Å². The molecule has 0 radical (unpaired) electrons. The Kier molecular flexibility index (Phi) is 68.6. The molecule has 0 heterocycles. The van der Waals surface area contributed by atoms with Crippen LogP contribution in [0.5, 0.6) is 0 Å². The van der Waals surface area contributed by atoms with Crippen molar-refractivity contribution in [3.63, 3.8) is 0 Å². The normalized spacial score (nSPS) is 14.8. The maximum absolute atomic E-state index is 13.1. The molecular weight excluding hydrogens is 1310 g/mol. The summed E-state index contributed by atoms with van der Waals surface area (Å²) in [6.07, 6.45) is 81.3. The molecule has 0 fully saturated rings. The van der Waals surface area contributed by atoms with Crippen LogP contribution in [0.2, 0.25) is 0 Å². The molecule has 100 heavy (non-hydrogen) atoms. The number of hydrogen-bond donors (Lipinski definition) is 3. The Bertz CT molecular complexity index is 2470. The lowest BCUT2D eigenvalue weighted by Gasteiger charge is -2.21. The number of aliphatic hydroxyl groups excluding tert-OH is 1. The van der Waals surface area contributed by atoms with Crippen molar-refractivity contribution in [1.82, 2.24) is 0 Å². The van der Waals surface area contributed by atoms with Gasteiger partial charge in [-0.3, -0.25) is 37.3 Å². The van der Waals surface area contributed by atoms with Crippen molar-refractivity contribution in [2.45, 2.75) is 303 Å². The minimum Gasteiger partial charge on any atom is -0.462 e. The van der Waals surface area contributed by atoms with Crippen molar-refractivity contribution in [2.75, 3.05) is 39.6 Å². The fourth-order valence-electron chi connectivity index (χ4n) is 9.60. The minimum atomic E-state index is -5.00. The van der Waals surface area contributed by atoms with Gasteiger partial charge in [-0.1, -0.05) is 263 Å². The van der Waals surface area contributed by atoms with E-state index in [1.54, 1.807) is 0 Å². The van der Waals surface area contributed by atoms with E-state index in [1.165, 1.54) is 51.4 Å². The molecule has 17 nitrogen and oxygen atoms in total. The van der Waals surface area contributed by atoms with E-state index in [0.717, 1.165) is 148 Å². The number of rotatable bonds is 70. The third kappa shape index (κ3) is 71.3. The van der Waals surface area contributed by atoms with Crippen LogP contribution in [-0.4, -0.2) is 96.7 Å². The van der Waals surface area contributed by atoms with E-state index in [2.05, 4.69) is 174 Å². The van der Waals surface area contributed by atoms with Gasteiger partial charge >= 0.3 is 39.5 Å². The van der Waals surface area contributed by atoms with E-state index in [4.69, 9.17) is 37.0 Å². The summed E-state index contributed by atoms with van der Waals surface area (Å²) in [4.78, 5) is 72.8. The largest absolute Gasteiger partial charge is 0.472 e. The van der Waals surface area contributed by atoms with Crippen molar-refractivity contribution >= 4 is 39.5 Å². The zero-order chi connectivity index (χ0) is 73.2. The van der Waals surface area contributed by atoms with E-state index in [1.807, 2.05) is 0 Å². The molecule has 0 saturated heterocycles. The summed E-state index contributed by atoms with van der Waals surface area (Å²) in [6.45, 7) is 4.39. The summed E-state index contributed by atoms with van der Waals surface area (Å²) in [6, 6.07) is 0. The minimum absolute atomic E-state index is 0.0290. The zero-order valence-electron chi connectivity index (χ0n) is 62.1. The number of esters is 4. The highest BCUT2D eigenvalue weighted by Gasteiger charge is 2.30. The third-order valence-electron chi connectivity index (χ3n) is 15.3. The topological polar surface area (TPSA) is 237 Å². The SMILES string of the molecule is CC/C=C\C/C=C\C/C=C\C/C=C\CCCCCCC(=O)OCC(COP(=O)(O)OCC(O)COP(=O)(O)OCC(COC(=O)CCCC/C=C\C/C=C\C/C=C\C/C=C\CC)OC(=O)CCCC/C=C\C/C=C\C/C=C\C/C=C\CC)OC(=O)CCCCCCCCCCCCCCC.